The molecule has 2 aliphatic rings. The Hall–Kier alpha value is -1.38. The van der Waals surface area contributed by atoms with Crippen molar-refractivity contribution in [2.24, 2.45) is 29.6 Å². The zero-order chi connectivity index (χ0) is 24.5. The number of hydrogen-bond donors (Lipinski definition) is 3. The van der Waals surface area contributed by atoms with E-state index in [4.69, 9.17) is 31.4 Å². The number of carboxylic acids is 1. The van der Waals surface area contributed by atoms with Crippen molar-refractivity contribution in [2.45, 2.75) is 71.7 Å². The lowest BCUT2D eigenvalue weighted by Gasteiger charge is -2.49. The molecule has 1 aliphatic carbocycles. The molecule has 0 aromatic heterocycles. The second-order valence-corrected chi connectivity index (χ2v) is 9.90. The monoisotopic (exact) mass is 486 g/mol. The van der Waals surface area contributed by atoms with Crippen LogP contribution in [-0.4, -0.2) is 47.6 Å². The highest BCUT2D eigenvalue weighted by Gasteiger charge is 2.46. The molecule has 0 amide bonds. The fourth-order valence-corrected chi connectivity index (χ4v) is 5.58. The van der Waals surface area contributed by atoms with Gasteiger partial charge in [-0.3, -0.25) is 10.1 Å². The normalized spacial score (nSPS) is 29.9. The molecular weight excluding hydrogens is 448 g/mol. The molecule has 1 aliphatic heterocycles. The van der Waals surface area contributed by atoms with E-state index in [0.29, 0.717) is 47.5 Å². The van der Waals surface area contributed by atoms with Crippen molar-refractivity contribution in [3.63, 3.8) is 0 Å². The Morgan fingerprint density at radius 1 is 1.27 bits per heavy atom. The molecule has 3 N–H and O–H groups in total. The van der Waals surface area contributed by atoms with Gasteiger partial charge in [0.05, 0.1) is 24.8 Å². The zero-order valence-electron chi connectivity index (χ0n) is 20.1. The van der Waals surface area contributed by atoms with E-state index in [9.17, 15) is 9.90 Å². The van der Waals surface area contributed by atoms with Crippen molar-refractivity contribution < 1.29 is 34.6 Å². The van der Waals surface area contributed by atoms with Gasteiger partial charge in [0.1, 0.15) is 5.75 Å². The molecule has 0 spiro atoms. The van der Waals surface area contributed by atoms with Crippen LogP contribution in [0.2, 0.25) is 5.02 Å². The first-order valence-electron chi connectivity index (χ1n) is 11.8. The Morgan fingerprint density at radius 2 is 1.97 bits per heavy atom. The summed E-state index contributed by atoms with van der Waals surface area (Å²) < 4.78 is 12.4. The molecule has 3 rings (SSSR count). The van der Waals surface area contributed by atoms with Crippen LogP contribution in [0, 0.1) is 29.6 Å². The Labute approximate surface area is 201 Å². The van der Waals surface area contributed by atoms with Gasteiger partial charge >= 0.3 is 5.97 Å². The largest absolute Gasteiger partial charge is 0.481 e. The Morgan fingerprint density at radius 3 is 2.58 bits per heavy atom. The SMILES string of the molecule is CC(O)CCC1C2COC(Oc3ccc(CCC(=O)O)cc3Cl)C(C)C2CC[C@H]1C.COO. The molecule has 1 heterocycles. The summed E-state index contributed by atoms with van der Waals surface area (Å²) in [5.74, 6) is 2.32. The van der Waals surface area contributed by atoms with E-state index < -0.39 is 5.97 Å². The Balaban J connectivity index is 0.00000122. The molecule has 1 aromatic carbocycles. The number of carboxylic acid groups (broad SMARTS) is 1. The first-order valence-corrected chi connectivity index (χ1v) is 12.2. The summed E-state index contributed by atoms with van der Waals surface area (Å²) in [5.41, 5.74) is 0.884. The van der Waals surface area contributed by atoms with E-state index in [1.54, 1.807) is 6.07 Å². The van der Waals surface area contributed by atoms with Gasteiger partial charge in [0, 0.05) is 12.3 Å². The maximum atomic E-state index is 10.8. The fraction of sp³-hybridized carbons (Fsp3) is 0.720. The maximum Gasteiger partial charge on any atom is 0.303 e. The van der Waals surface area contributed by atoms with E-state index in [0.717, 1.165) is 18.4 Å². The summed E-state index contributed by atoms with van der Waals surface area (Å²) in [7, 11) is 1.18. The van der Waals surface area contributed by atoms with E-state index in [1.807, 2.05) is 19.1 Å². The lowest BCUT2D eigenvalue weighted by molar-refractivity contribution is -0.214. The molecule has 6 unspecified atom stereocenters. The number of aliphatic hydroxyl groups is 1. The molecule has 0 radical (unpaired) electrons. The highest BCUT2D eigenvalue weighted by Crippen LogP contribution is 2.48. The maximum absolute atomic E-state index is 10.8. The number of rotatable bonds is 8. The predicted molar refractivity (Wildman–Crippen MR) is 126 cm³/mol. The molecule has 188 valence electrons. The summed E-state index contributed by atoms with van der Waals surface area (Å²) in [6, 6.07) is 5.47. The highest BCUT2D eigenvalue weighted by molar-refractivity contribution is 6.32. The third-order valence-corrected chi connectivity index (χ3v) is 7.42. The molecule has 2 fully saturated rings. The van der Waals surface area contributed by atoms with Crippen LogP contribution in [0.5, 0.6) is 5.75 Å². The number of aliphatic carboxylic acids is 1. The molecule has 0 bridgehead atoms. The lowest BCUT2D eigenvalue weighted by Crippen LogP contribution is -2.49. The average molecular weight is 487 g/mol. The number of hydrogen-bond acceptors (Lipinski definition) is 6. The number of halogens is 1. The van der Waals surface area contributed by atoms with Crippen LogP contribution < -0.4 is 4.74 Å². The van der Waals surface area contributed by atoms with Gasteiger partial charge in [-0.05, 0) is 74.0 Å². The summed E-state index contributed by atoms with van der Waals surface area (Å²) in [6.07, 6.45) is 4.22. The number of aryl methyl sites for hydroxylation is 1. The van der Waals surface area contributed by atoms with Crippen molar-refractivity contribution in [2.75, 3.05) is 13.7 Å². The molecule has 8 heteroatoms. The molecule has 33 heavy (non-hydrogen) atoms. The molecule has 1 aromatic rings. The van der Waals surface area contributed by atoms with E-state index >= 15 is 0 Å². The van der Waals surface area contributed by atoms with Gasteiger partial charge in [-0.25, -0.2) is 4.89 Å². The molecule has 7 nitrogen and oxygen atoms in total. The van der Waals surface area contributed by atoms with E-state index in [-0.39, 0.29) is 24.7 Å². The smallest absolute Gasteiger partial charge is 0.303 e. The summed E-state index contributed by atoms with van der Waals surface area (Å²) in [4.78, 5) is 14.0. The predicted octanol–water partition coefficient (Wildman–Crippen LogP) is 5.27. The van der Waals surface area contributed by atoms with Crippen molar-refractivity contribution in [1.29, 1.82) is 0 Å². The third-order valence-electron chi connectivity index (χ3n) is 7.13. The Bertz CT molecular complexity index is 741. The Kier molecular flexibility index (Phi) is 11.4. The van der Waals surface area contributed by atoms with Crippen LogP contribution in [0.4, 0.5) is 0 Å². The van der Waals surface area contributed by atoms with E-state index in [1.165, 1.54) is 20.0 Å². The minimum absolute atomic E-state index is 0.0804. The molecular formula is C25H39ClO7. The summed E-state index contributed by atoms with van der Waals surface area (Å²) in [6.45, 7) is 7.09. The van der Waals surface area contributed by atoms with Gasteiger partial charge < -0.3 is 19.7 Å². The number of ether oxygens (including phenoxy) is 2. The number of aliphatic hydroxyl groups excluding tert-OH is 1. The molecule has 1 saturated carbocycles. The van der Waals surface area contributed by atoms with Crippen molar-refractivity contribution in [3.05, 3.63) is 28.8 Å². The first kappa shape index (κ1) is 27.9. The minimum Gasteiger partial charge on any atom is -0.481 e. The second kappa shape index (κ2) is 13.5. The van der Waals surface area contributed by atoms with Crippen LogP contribution >= 0.6 is 11.6 Å². The van der Waals surface area contributed by atoms with Gasteiger partial charge in [0.15, 0.2) is 0 Å². The van der Waals surface area contributed by atoms with Crippen LogP contribution in [0.15, 0.2) is 18.2 Å². The van der Waals surface area contributed by atoms with Crippen LogP contribution in [0.25, 0.3) is 0 Å². The van der Waals surface area contributed by atoms with Gasteiger partial charge in [-0.1, -0.05) is 37.9 Å². The number of benzene rings is 1. The second-order valence-electron chi connectivity index (χ2n) is 9.49. The summed E-state index contributed by atoms with van der Waals surface area (Å²) >= 11 is 6.41. The fourth-order valence-electron chi connectivity index (χ4n) is 5.33. The van der Waals surface area contributed by atoms with Crippen LogP contribution in [-0.2, 0) is 20.8 Å². The van der Waals surface area contributed by atoms with E-state index in [2.05, 4.69) is 18.7 Å². The number of fused-ring (bicyclic) bond motifs is 1. The van der Waals surface area contributed by atoms with Crippen LogP contribution in [0.1, 0.15) is 58.4 Å². The van der Waals surface area contributed by atoms with Crippen LogP contribution in [0.3, 0.4) is 0 Å². The van der Waals surface area contributed by atoms with Crippen molar-refractivity contribution >= 4 is 17.6 Å². The molecule has 7 atom stereocenters. The lowest BCUT2D eigenvalue weighted by atomic mass is 9.61. The van der Waals surface area contributed by atoms with Gasteiger partial charge in [-0.2, -0.15) is 0 Å². The van der Waals surface area contributed by atoms with Gasteiger partial charge in [-0.15, -0.1) is 0 Å². The quantitative estimate of drug-likeness (QED) is 0.339. The minimum atomic E-state index is -0.820. The van der Waals surface area contributed by atoms with Gasteiger partial charge in [0.2, 0.25) is 6.29 Å². The zero-order valence-corrected chi connectivity index (χ0v) is 20.8. The highest BCUT2D eigenvalue weighted by atomic mass is 35.5. The first-order chi connectivity index (χ1) is 15.7. The number of carbonyl (C=O) groups is 1. The third kappa shape index (κ3) is 8.11. The average Bonchev–Trinajstić information content (AvgIpc) is 2.75. The standard InChI is InChI=1S/C24H35ClO5.CH4O2/c1-14-4-8-19-16(3)24(29-13-20(19)18(14)9-5-15(2)26)30-22-10-6-17(12-21(22)25)7-11-23(27)28;1-3-2/h6,10,12,14-16,18-20,24,26H,4-5,7-9,11,13H2,1-3H3,(H,27,28);2H,1H3/t14-,15?,16?,18?,19?,20?,24?;/m1./s1. The van der Waals surface area contributed by atoms with Crippen molar-refractivity contribution in [1.82, 2.24) is 0 Å². The van der Waals surface area contributed by atoms with Crippen molar-refractivity contribution in [3.8, 4) is 5.75 Å². The summed E-state index contributed by atoms with van der Waals surface area (Å²) in [5, 5.41) is 26.1. The molecule has 1 saturated heterocycles. The topological polar surface area (TPSA) is 105 Å². The van der Waals surface area contributed by atoms with Gasteiger partial charge in [0.25, 0.3) is 0 Å².